The molecule has 43 heavy (non-hydrogen) atoms. The minimum absolute atomic E-state index is 0.0441. The topological polar surface area (TPSA) is 98.2 Å². The smallest absolute Gasteiger partial charge is 0.301 e. The van der Waals surface area contributed by atoms with Crippen molar-refractivity contribution in [1.29, 1.82) is 0 Å². The second-order valence-corrected chi connectivity index (χ2v) is 11.4. The van der Waals surface area contributed by atoms with E-state index in [1.54, 1.807) is 24.3 Å². The van der Waals surface area contributed by atoms with E-state index < -0.39 is 17.7 Å². The lowest BCUT2D eigenvalue weighted by Gasteiger charge is -2.24. The lowest BCUT2D eigenvalue weighted by atomic mass is 9.95. The number of nitrogens with zero attached hydrogens (tertiary/aromatic N) is 2. The zero-order chi connectivity index (χ0) is 29.5. The normalized spacial score (nSPS) is 17.4. The molecule has 1 saturated heterocycles. The monoisotopic (exact) mass is 590 g/mol. The molecule has 0 aliphatic carbocycles. The summed E-state index contributed by atoms with van der Waals surface area (Å²) in [5.74, 6) is -0.313. The molecule has 9 heteroatoms. The van der Waals surface area contributed by atoms with Gasteiger partial charge < -0.3 is 19.3 Å². The molecule has 1 fully saturated rings. The van der Waals surface area contributed by atoms with E-state index in [9.17, 15) is 14.7 Å². The van der Waals surface area contributed by atoms with Gasteiger partial charge in [-0.15, -0.1) is 0 Å². The number of aliphatic hydroxyl groups is 1. The van der Waals surface area contributed by atoms with Gasteiger partial charge in [-0.2, -0.15) is 0 Å². The number of ketones is 1. The van der Waals surface area contributed by atoms with Crippen LogP contribution in [0.4, 0.5) is 5.13 Å². The van der Waals surface area contributed by atoms with Gasteiger partial charge in [-0.3, -0.25) is 14.5 Å². The Hall–Kier alpha value is -5.15. The van der Waals surface area contributed by atoms with Crippen molar-refractivity contribution in [2.45, 2.75) is 19.6 Å². The second-order valence-electron chi connectivity index (χ2n) is 10.3. The fraction of sp³-hybridized carbons (Fsp3) is 0.147. The van der Waals surface area contributed by atoms with Crippen LogP contribution in [0.15, 0.2) is 96.6 Å². The number of aromatic nitrogens is 1. The number of ether oxygens (including phenoxy) is 3. The third-order valence-corrected chi connectivity index (χ3v) is 8.44. The molecular weight excluding hydrogens is 564 g/mol. The predicted octanol–water partition coefficient (Wildman–Crippen LogP) is 6.58. The number of Topliss-reactive ketones (excluding diaryl/α,β-unsaturated/α-hetero) is 1. The van der Waals surface area contributed by atoms with Crippen LogP contribution in [0.25, 0.3) is 16.0 Å². The average Bonchev–Trinajstić information content (AvgIpc) is 3.57. The Morgan fingerprint density at radius 1 is 0.953 bits per heavy atom. The largest absolute Gasteiger partial charge is 0.507 e. The van der Waals surface area contributed by atoms with Crippen molar-refractivity contribution in [3.8, 4) is 17.2 Å². The fourth-order valence-corrected chi connectivity index (χ4v) is 6.42. The number of carbonyl (C=O) groups excluding carboxylic acids is 2. The Labute approximate surface area is 251 Å². The van der Waals surface area contributed by atoms with Crippen LogP contribution < -0.4 is 19.1 Å². The number of hydrogen-bond acceptors (Lipinski definition) is 8. The van der Waals surface area contributed by atoms with E-state index in [1.807, 2.05) is 73.7 Å². The minimum atomic E-state index is -0.949. The number of thiazole rings is 1. The van der Waals surface area contributed by atoms with Crippen molar-refractivity contribution >= 4 is 44.1 Å². The number of aliphatic hydroxyl groups excluding tert-OH is 1. The summed E-state index contributed by atoms with van der Waals surface area (Å²) in [6, 6.07) is 26.8. The second kappa shape index (κ2) is 10.9. The maximum absolute atomic E-state index is 13.7. The van der Waals surface area contributed by atoms with Crippen LogP contribution in [0.1, 0.15) is 28.3 Å². The minimum Gasteiger partial charge on any atom is -0.507 e. The average molecular weight is 591 g/mol. The van der Waals surface area contributed by atoms with Gasteiger partial charge in [0.25, 0.3) is 5.78 Å². The van der Waals surface area contributed by atoms with E-state index in [1.165, 1.54) is 16.2 Å². The van der Waals surface area contributed by atoms with Crippen molar-refractivity contribution < 1.29 is 28.9 Å². The molecule has 3 heterocycles. The first kappa shape index (κ1) is 26.7. The lowest BCUT2D eigenvalue weighted by molar-refractivity contribution is -0.132. The summed E-state index contributed by atoms with van der Waals surface area (Å²) < 4.78 is 18.3. The number of anilines is 1. The van der Waals surface area contributed by atoms with E-state index in [2.05, 4.69) is 0 Å². The van der Waals surface area contributed by atoms with Crippen molar-refractivity contribution in [2.24, 2.45) is 0 Å². The molecule has 1 aromatic heterocycles. The van der Waals surface area contributed by atoms with Crippen LogP contribution in [-0.4, -0.2) is 35.0 Å². The van der Waals surface area contributed by atoms with Gasteiger partial charge in [-0.25, -0.2) is 4.98 Å². The highest BCUT2D eigenvalue weighted by Crippen LogP contribution is 2.45. The van der Waals surface area contributed by atoms with Crippen LogP contribution >= 0.6 is 11.3 Å². The van der Waals surface area contributed by atoms with Gasteiger partial charge in [0.2, 0.25) is 0 Å². The van der Waals surface area contributed by atoms with E-state index in [0.717, 1.165) is 21.3 Å². The molecule has 4 aromatic carbocycles. The first-order valence-corrected chi connectivity index (χ1v) is 14.6. The number of amides is 1. The van der Waals surface area contributed by atoms with E-state index in [4.69, 9.17) is 19.2 Å². The first-order valence-electron chi connectivity index (χ1n) is 13.8. The first-order chi connectivity index (χ1) is 21.0. The number of fused-ring (bicyclic) bond motifs is 2. The number of benzene rings is 4. The SMILES string of the molecule is Cc1ccc2nc(N3C(=O)C(=O)C(=C(O)c4ccc5c(c4)OCCO5)[C@@H]3c3cccc(OCc4ccccc4)c3)sc2c1. The Morgan fingerprint density at radius 2 is 1.77 bits per heavy atom. The number of carbonyl (C=O) groups is 2. The Balaban J connectivity index is 1.35. The van der Waals surface area contributed by atoms with Crippen molar-refractivity contribution in [1.82, 2.24) is 4.98 Å². The highest BCUT2D eigenvalue weighted by molar-refractivity contribution is 7.22. The van der Waals surface area contributed by atoms with Gasteiger partial charge in [0, 0.05) is 5.56 Å². The van der Waals surface area contributed by atoms with Gasteiger partial charge >= 0.3 is 5.91 Å². The molecular formula is C34H26N2O6S. The van der Waals surface area contributed by atoms with Crippen molar-refractivity contribution in [3.63, 3.8) is 0 Å². The predicted molar refractivity (Wildman–Crippen MR) is 164 cm³/mol. The van der Waals surface area contributed by atoms with Crippen LogP contribution in [0.5, 0.6) is 17.2 Å². The summed E-state index contributed by atoms with van der Waals surface area (Å²) in [5, 5.41) is 12.0. The molecule has 5 aromatic rings. The van der Waals surface area contributed by atoms with E-state index in [0.29, 0.717) is 53.3 Å². The molecule has 0 spiro atoms. The van der Waals surface area contributed by atoms with Gasteiger partial charge in [0.15, 0.2) is 16.6 Å². The van der Waals surface area contributed by atoms with E-state index >= 15 is 0 Å². The summed E-state index contributed by atoms with van der Waals surface area (Å²) in [6.45, 7) is 3.13. The molecule has 7 rings (SSSR count). The molecule has 2 aliphatic heterocycles. The number of rotatable bonds is 6. The molecule has 1 amide bonds. The van der Waals surface area contributed by atoms with Crippen LogP contribution in [0.3, 0.4) is 0 Å². The molecule has 214 valence electrons. The summed E-state index contributed by atoms with van der Waals surface area (Å²) in [6.07, 6.45) is 0. The summed E-state index contributed by atoms with van der Waals surface area (Å²) in [7, 11) is 0. The maximum atomic E-state index is 13.7. The summed E-state index contributed by atoms with van der Waals surface area (Å²) in [5.41, 5.74) is 3.67. The molecule has 8 nitrogen and oxygen atoms in total. The molecule has 0 bridgehead atoms. The van der Waals surface area contributed by atoms with Gasteiger partial charge in [-0.05, 0) is 66.1 Å². The number of aryl methyl sites for hydroxylation is 1. The Morgan fingerprint density at radius 3 is 2.60 bits per heavy atom. The van der Waals surface area contributed by atoms with Crippen LogP contribution in [0, 0.1) is 6.92 Å². The third kappa shape index (κ3) is 4.97. The fourth-order valence-electron chi connectivity index (χ4n) is 5.33. The van der Waals surface area contributed by atoms with Crippen LogP contribution in [0.2, 0.25) is 0 Å². The Kier molecular flexibility index (Phi) is 6.79. The molecule has 1 atom stereocenters. The van der Waals surface area contributed by atoms with Crippen molar-refractivity contribution in [2.75, 3.05) is 18.1 Å². The van der Waals surface area contributed by atoms with Gasteiger partial charge in [0.1, 0.15) is 31.3 Å². The van der Waals surface area contributed by atoms with Crippen molar-refractivity contribution in [3.05, 3.63) is 119 Å². The summed E-state index contributed by atoms with van der Waals surface area (Å²) in [4.78, 5) is 33.5. The molecule has 0 radical (unpaired) electrons. The third-order valence-electron chi connectivity index (χ3n) is 7.42. The van der Waals surface area contributed by atoms with Crippen LogP contribution in [-0.2, 0) is 16.2 Å². The zero-order valence-corrected chi connectivity index (χ0v) is 24.0. The standard InChI is InChI=1S/C34H26N2O6S/c1-20-10-12-25-28(16-20)43-34(35-25)36-30(22-8-5-9-24(17-22)42-19-21-6-3-2-4-7-21)29(32(38)33(36)39)31(37)23-11-13-26-27(18-23)41-15-14-40-26/h2-13,16-18,30,37H,14-15,19H2,1H3/t30-/m0/s1. The highest BCUT2D eigenvalue weighted by atomic mass is 32.1. The number of hydrogen-bond donors (Lipinski definition) is 1. The highest BCUT2D eigenvalue weighted by Gasteiger charge is 2.48. The zero-order valence-electron chi connectivity index (χ0n) is 23.2. The quantitative estimate of drug-likeness (QED) is 0.136. The lowest BCUT2D eigenvalue weighted by Crippen LogP contribution is -2.29. The molecule has 0 saturated carbocycles. The molecule has 0 unspecified atom stereocenters. The Bertz CT molecular complexity index is 1920. The van der Waals surface area contributed by atoms with E-state index in [-0.39, 0.29) is 11.3 Å². The van der Waals surface area contributed by atoms with Gasteiger partial charge in [-0.1, -0.05) is 59.9 Å². The maximum Gasteiger partial charge on any atom is 0.301 e. The molecule has 2 aliphatic rings. The molecule has 1 N–H and O–H groups in total. The summed E-state index contributed by atoms with van der Waals surface area (Å²) >= 11 is 1.32. The van der Waals surface area contributed by atoms with Gasteiger partial charge in [0.05, 0.1) is 21.8 Å².